The van der Waals surface area contributed by atoms with Gasteiger partial charge in [-0.15, -0.1) is 0 Å². The van der Waals surface area contributed by atoms with E-state index in [9.17, 15) is 4.79 Å². The Labute approximate surface area is 119 Å². The second-order valence-corrected chi connectivity index (χ2v) is 5.08. The number of hydrogen-bond acceptors (Lipinski definition) is 5. The third-order valence-electron chi connectivity index (χ3n) is 2.66. The molecule has 0 aliphatic heterocycles. The van der Waals surface area contributed by atoms with Gasteiger partial charge in [-0.25, -0.2) is 9.97 Å². The molecule has 0 aliphatic rings. The Morgan fingerprint density at radius 2 is 2.00 bits per heavy atom. The molecule has 0 radical (unpaired) electrons. The third-order valence-corrected chi connectivity index (χ3v) is 3.68. The van der Waals surface area contributed by atoms with Crippen molar-refractivity contribution in [3.63, 3.8) is 0 Å². The van der Waals surface area contributed by atoms with Gasteiger partial charge in [-0.2, -0.15) is 11.8 Å². The van der Waals surface area contributed by atoms with Crippen molar-refractivity contribution in [1.29, 1.82) is 0 Å². The highest BCUT2D eigenvalue weighted by molar-refractivity contribution is 7.99. The molecule has 1 N–H and O–H groups in total. The van der Waals surface area contributed by atoms with Crippen LogP contribution in [0.5, 0.6) is 0 Å². The zero-order chi connectivity index (χ0) is 13.9. The van der Waals surface area contributed by atoms with Gasteiger partial charge in [0.1, 0.15) is 0 Å². The van der Waals surface area contributed by atoms with Crippen LogP contribution in [-0.2, 0) is 4.79 Å². The van der Waals surface area contributed by atoms with Crippen molar-refractivity contribution < 1.29 is 4.79 Å². The van der Waals surface area contributed by atoms with E-state index in [1.54, 1.807) is 30.2 Å². The summed E-state index contributed by atoms with van der Waals surface area (Å²) < 4.78 is 0. The average molecular weight is 282 g/mol. The highest BCUT2D eigenvalue weighted by Crippen LogP contribution is 2.05. The summed E-state index contributed by atoms with van der Waals surface area (Å²) in [4.78, 5) is 21.8. The van der Waals surface area contributed by atoms with E-state index in [1.807, 2.05) is 18.7 Å². The van der Waals surface area contributed by atoms with Crippen molar-refractivity contribution >= 4 is 23.6 Å². The van der Waals surface area contributed by atoms with E-state index in [-0.39, 0.29) is 5.91 Å². The number of nitrogens with one attached hydrogen (secondary N) is 1. The molecule has 0 fully saturated rings. The Bertz CT molecular complexity index is 357. The first kappa shape index (κ1) is 15.8. The van der Waals surface area contributed by atoms with Crippen LogP contribution in [0.3, 0.4) is 0 Å². The Kier molecular flexibility index (Phi) is 7.97. The minimum Gasteiger partial charge on any atom is -0.354 e. The molecule has 0 saturated heterocycles. The van der Waals surface area contributed by atoms with E-state index < -0.39 is 0 Å². The number of carbonyl (C=O) groups excluding carboxylic acids is 1. The van der Waals surface area contributed by atoms with Gasteiger partial charge < -0.3 is 10.2 Å². The number of anilines is 1. The fourth-order valence-electron chi connectivity index (χ4n) is 1.59. The predicted octanol–water partition coefficient (Wildman–Crippen LogP) is 1.88. The summed E-state index contributed by atoms with van der Waals surface area (Å²) >= 11 is 1.68. The first-order valence-corrected chi connectivity index (χ1v) is 7.79. The van der Waals surface area contributed by atoms with Gasteiger partial charge in [0, 0.05) is 32.0 Å². The lowest BCUT2D eigenvalue weighted by atomic mass is 10.5. The molecule has 106 valence electrons. The molecule has 1 amide bonds. The molecule has 0 saturated carbocycles. The Morgan fingerprint density at radius 1 is 1.32 bits per heavy atom. The minimum atomic E-state index is 0.231. The second-order valence-electron chi connectivity index (χ2n) is 3.97. The summed E-state index contributed by atoms with van der Waals surface area (Å²) in [7, 11) is 0. The van der Waals surface area contributed by atoms with Gasteiger partial charge in [0.15, 0.2) is 0 Å². The van der Waals surface area contributed by atoms with Crippen LogP contribution in [0.4, 0.5) is 5.95 Å². The van der Waals surface area contributed by atoms with Crippen molar-refractivity contribution in [3.05, 3.63) is 18.5 Å². The quantitative estimate of drug-likeness (QED) is 0.701. The molecule has 0 unspecified atom stereocenters. The third kappa shape index (κ3) is 6.42. The smallest absolute Gasteiger partial charge is 0.232 e. The predicted molar refractivity (Wildman–Crippen MR) is 80.4 cm³/mol. The van der Waals surface area contributed by atoms with Crippen LogP contribution in [0, 0.1) is 0 Å². The van der Waals surface area contributed by atoms with E-state index >= 15 is 0 Å². The normalized spacial score (nSPS) is 10.2. The zero-order valence-corrected chi connectivity index (χ0v) is 12.4. The van der Waals surface area contributed by atoms with Crippen LogP contribution in [0.15, 0.2) is 18.5 Å². The summed E-state index contributed by atoms with van der Waals surface area (Å²) in [5.74, 6) is 2.43. The molecular formula is C13H22N4OS. The molecule has 0 aliphatic carbocycles. The van der Waals surface area contributed by atoms with Crippen molar-refractivity contribution in [2.75, 3.05) is 36.5 Å². The fourth-order valence-corrected chi connectivity index (χ4v) is 2.44. The summed E-state index contributed by atoms with van der Waals surface area (Å²) in [6, 6.07) is 1.79. The number of aromatic nitrogens is 2. The fraction of sp³-hybridized carbons (Fsp3) is 0.615. The first-order valence-electron chi connectivity index (χ1n) is 6.64. The van der Waals surface area contributed by atoms with Crippen molar-refractivity contribution in [1.82, 2.24) is 14.9 Å². The number of hydrogen-bond donors (Lipinski definition) is 1. The molecule has 1 heterocycles. The molecule has 1 aromatic rings. The summed E-state index contributed by atoms with van der Waals surface area (Å²) in [6.07, 6.45) is 4.42. The summed E-state index contributed by atoms with van der Waals surface area (Å²) in [6.45, 7) is 6.44. The average Bonchev–Trinajstić information content (AvgIpc) is 2.45. The molecule has 0 aromatic carbocycles. The van der Waals surface area contributed by atoms with E-state index in [0.29, 0.717) is 11.7 Å². The van der Waals surface area contributed by atoms with Crippen LogP contribution in [0.2, 0.25) is 0 Å². The highest BCUT2D eigenvalue weighted by atomic mass is 32.2. The summed E-state index contributed by atoms with van der Waals surface area (Å²) in [5, 5.41) is 3.15. The SMILES string of the molecule is CCN(CC)C(=O)CSCCCNc1ncccn1. The number of thioether (sulfide) groups is 1. The van der Waals surface area contributed by atoms with Gasteiger partial charge in [-0.3, -0.25) is 4.79 Å². The Balaban J connectivity index is 2.04. The van der Waals surface area contributed by atoms with E-state index in [0.717, 1.165) is 31.8 Å². The number of amides is 1. The molecule has 0 spiro atoms. The van der Waals surface area contributed by atoms with Crippen LogP contribution in [-0.4, -0.2) is 51.9 Å². The van der Waals surface area contributed by atoms with Gasteiger partial charge in [-0.05, 0) is 32.1 Å². The standard InChI is InChI=1S/C13H22N4OS/c1-3-17(4-2)12(18)11-19-10-6-9-16-13-14-7-5-8-15-13/h5,7-8H,3-4,6,9-11H2,1-2H3,(H,14,15,16). The molecule has 19 heavy (non-hydrogen) atoms. The van der Waals surface area contributed by atoms with E-state index in [1.165, 1.54) is 0 Å². The maximum Gasteiger partial charge on any atom is 0.232 e. The molecule has 1 aromatic heterocycles. The van der Waals surface area contributed by atoms with Crippen LogP contribution in [0.1, 0.15) is 20.3 Å². The van der Waals surface area contributed by atoms with Crippen LogP contribution < -0.4 is 5.32 Å². The number of rotatable bonds is 9. The van der Waals surface area contributed by atoms with Gasteiger partial charge in [-0.1, -0.05) is 0 Å². The van der Waals surface area contributed by atoms with Crippen molar-refractivity contribution in [3.8, 4) is 0 Å². The monoisotopic (exact) mass is 282 g/mol. The van der Waals surface area contributed by atoms with Crippen LogP contribution >= 0.6 is 11.8 Å². The van der Waals surface area contributed by atoms with E-state index in [4.69, 9.17) is 0 Å². The van der Waals surface area contributed by atoms with Gasteiger partial charge >= 0.3 is 0 Å². The van der Waals surface area contributed by atoms with E-state index in [2.05, 4.69) is 15.3 Å². The molecule has 6 heteroatoms. The maximum absolute atomic E-state index is 11.7. The largest absolute Gasteiger partial charge is 0.354 e. The lowest BCUT2D eigenvalue weighted by Crippen LogP contribution is -2.32. The van der Waals surface area contributed by atoms with Gasteiger partial charge in [0.25, 0.3) is 0 Å². The van der Waals surface area contributed by atoms with Gasteiger partial charge in [0.2, 0.25) is 11.9 Å². The molecule has 5 nitrogen and oxygen atoms in total. The highest BCUT2D eigenvalue weighted by Gasteiger charge is 2.08. The lowest BCUT2D eigenvalue weighted by molar-refractivity contribution is -0.127. The zero-order valence-electron chi connectivity index (χ0n) is 11.6. The molecular weight excluding hydrogens is 260 g/mol. The molecule has 0 bridgehead atoms. The summed E-state index contributed by atoms with van der Waals surface area (Å²) in [5.41, 5.74) is 0. The number of nitrogens with zero attached hydrogens (tertiary/aromatic N) is 3. The van der Waals surface area contributed by atoms with Crippen LogP contribution in [0.25, 0.3) is 0 Å². The Morgan fingerprint density at radius 3 is 2.63 bits per heavy atom. The lowest BCUT2D eigenvalue weighted by Gasteiger charge is -2.18. The molecule has 0 atom stereocenters. The minimum absolute atomic E-state index is 0.231. The molecule has 1 rings (SSSR count). The number of carbonyl (C=O) groups is 1. The maximum atomic E-state index is 11.7. The second kappa shape index (κ2) is 9.61. The Hall–Kier alpha value is -1.30. The first-order chi connectivity index (χ1) is 9.27. The van der Waals surface area contributed by atoms with Gasteiger partial charge in [0.05, 0.1) is 5.75 Å². The topological polar surface area (TPSA) is 58.1 Å². The van der Waals surface area contributed by atoms with Crippen molar-refractivity contribution in [2.24, 2.45) is 0 Å². The van der Waals surface area contributed by atoms with Crippen molar-refractivity contribution in [2.45, 2.75) is 20.3 Å².